The van der Waals surface area contributed by atoms with Gasteiger partial charge in [0.1, 0.15) is 16.3 Å². The Morgan fingerprint density at radius 3 is 2.52 bits per heavy atom. The van der Waals surface area contributed by atoms with Crippen molar-refractivity contribution in [2.75, 3.05) is 11.1 Å². The van der Waals surface area contributed by atoms with Crippen LogP contribution in [0.3, 0.4) is 0 Å². The Morgan fingerprint density at radius 1 is 1.43 bits per heavy atom. The number of aryl methyl sites for hydroxylation is 1. The fourth-order valence-corrected chi connectivity index (χ4v) is 3.68. The Morgan fingerprint density at radius 2 is 2.05 bits per heavy atom. The fraction of sp³-hybridized carbons (Fsp3) is 0.500. The first-order valence-electron chi connectivity index (χ1n) is 6.42. The summed E-state index contributed by atoms with van der Waals surface area (Å²) in [5.41, 5.74) is 1.35. The van der Waals surface area contributed by atoms with Gasteiger partial charge in [-0.2, -0.15) is 5.26 Å². The lowest BCUT2D eigenvalue weighted by molar-refractivity contribution is -0.137. The van der Waals surface area contributed by atoms with Crippen LogP contribution < -0.4 is 5.32 Å². The van der Waals surface area contributed by atoms with Crippen molar-refractivity contribution in [1.82, 2.24) is 0 Å². The maximum Gasteiger partial charge on any atom is 0.316 e. The van der Waals surface area contributed by atoms with Crippen molar-refractivity contribution in [1.29, 1.82) is 5.26 Å². The van der Waals surface area contributed by atoms with Gasteiger partial charge in [-0.3, -0.25) is 9.59 Å². The van der Waals surface area contributed by atoms with Gasteiger partial charge in [0.15, 0.2) is 0 Å². The van der Waals surface area contributed by atoms with Crippen LogP contribution in [-0.2, 0) is 9.59 Å². The Kier molecular flexibility index (Phi) is 6.24. The van der Waals surface area contributed by atoms with Crippen LogP contribution in [0.15, 0.2) is 0 Å². The summed E-state index contributed by atoms with van der Waals surface area (Å²) in [6.45, 7) is 7.35. The minimum Gasteiger partial charge on any atom is -0.480 e. The molecule has 1 aromatic rings. The fourth-order valence-electron chi connectivity index (χ4n) is 1.73. The van der Waals surface area contributed by atoms with Crippen LogP contribution in [0.5, 0.6) is 0 Å². The van der Waals surface area contributed by atoms with Crippen LogP contribution in [0.1, 0.15) is 29.9 Å². The molecule has 1 heterocycles. The lowest BCUT2D eigenvalue weighted by atomic mass is 10.1. The van der Waals surface area contributed by atoms with E-state index >= 15 is 0 Å². The Bertz CT molecular complexity index is 588. The lowest BCUT2D eigenvalue weighted by Gasteiger charge is -2.15. The van der Waals surface area contributed by atoms with Gasteiger partial charge in [-0.15, -0.1) is 23.1 Å². The number of thiophene rings is 1. The van der Waals surface area contributed by atoms with E-state index in [-0.39, 0.29) is 17.6 Å². The van der Waals surface area contributed by atoms with Crippen LogP contribution in [0.2, 0.25) is 0 Å². The highest BCUT2D eigenvalue weighted by molar-refractivity contribution is 8.01. The van der Waals surface area contributed by atoms with E-state index in [2.05, 4.69) is 11.4 Å². The lowest BCUT2D eigenvalue weighted by Crippen LogP contribution is -2.25. The molecular weight excluding hydrogens is 308 g/mol. The molecule has 0 fully saturated rings. The summed E-state index contributed by atoms with van der Waals surface area (Å²) >= 11 is 2.46. The molecule has 114 valence electrons. The second-order valence-corrected chi connectivity index (χ2v) is 7.32. The molecule has 0 saturated heterocycles. The quantitative estimate of drug-likeness (QED) is 0.838. The van der Waals surface area contributed by atoms with Gasteiger partial charge < -0.3 is 10.4 Å². The summed E-state index contributed by atoms with van der Waals surface area (Å²) in [7, 11) is 0. The largest absolute Gasteiger partial charge is 0.480 e. The molecule has 0 aliphatic heterocycles. The highest BCUT2D eigenvalue weighted by atomic mass is 32.2. The van der Waals surface area contributed by atoms with Gasteiger partial charge in [0.05, 0.1) is 11.3 Å². The number of anilines is 1. The third kappa shape index (κ3) is 4.48. The summed E-state index contributed by atoms with van der Waals surface area (Å²) in [6.07, 6.45) is 0. The highest BCUT2D eigenvalue weighted by Crippen LogP contribution is 2.31. The van der Waals surface area contributed by atoms with Gasteiger partial charge in [0.2, 0.25) is 5.91 Å². The van der Waals surface area contributed by atoms with Gasteiger partial charge in [-0.1, -0.05) is 13.8 Å². The first-order chi connectivity index (χ1) is 9.77. The van der Waals surface area contributed by atoms with E-state index in [9.17, 15) is 9.59 Å². The summed E-state index contributed by atoms with van der Waals surface area (Å²) < 4.78 is 0. The SMILES string of the molecule is Cc1sc(NC(=O)CSC(C(=O)O)C(C)C)c(C#N)c1C. The van der Waals surface area contributed by atoms with Gasteiger partial charge in [0.25, 0.3) is 0 Å². The van der Waals surface area contributed by atoms with E-state index < -0.39 is 11.2 Å². The van der Waals surface area contributed by atoms with Crippen LogP contribution in [-0.4, -0.2) is 28.0 Å². The van der Waals surface area contributed by atoms with Crippen LogP contribution in [0.25, 0.3) is 0 Å². The molecule has 1 atom stereocenters. The third-order valence-corrected chi connectivity index (χ3v) is 5.65. The summed E-state index contributed by atoms with van der Waals surface area (Å²) in [5.74, 6) is -1.20. The van der Waals surface area contributed by atoms with Crippen molar-refractivity contribution >= 4 is 40.0 Å². The topological polar surface area (TPSA) is 90.2 Å². The minimum atomic E-state index is -0.914. The van der Waals surface area contributed by atoms with Crippen molar-refractivity contribution < 1.29 is 14.7 Å². The van der Waals surface area contributed by atoms with E-state index in [0.717, 1.165) is 22.2 Å². The van der Waals surface area contributed by atoms with Crippen molar-refractivity contribution in [3.63, 3.8) is 0 Å². The number of carbonyl (C=O) groups excluding carboxylic acids is 1. The number of aliphatic carboxylic acids is 1. The number of nitrogens with zero attached hydrogens (tertiary/aromatic N) is 1. The van der Waals surface area contributed by atoms with Gasteiger partial charge in [-0.25, -0.2) is 0 Å². The number of hydrogen-bond donors (Lipinski definition) is 2. The first kappa shape index (κ1) is 17.5. The number of amides is 1. The Hall–Kier alpha value is -1.52. The number of nitrogens with one attached hydrogen (secondary N) is 1. The second kappa shape index (κ2) is 7.48. The Balaban J connectivity index is 2.69. The number of carboxylic acid groups (broad SMARTS) is 1. The van der Waals surface area contributed by atoms with E-state index in [0.29, 0.717) is 10.6 Å². The number of thioether (sulfide) groups is 1. The molecule has 1 amide bonds. The Labute approximate surface area is 132 Å². The van der Waals surface area contributed by atoms with E-state index in [1.54, 1.807) is 0 Å². The summed E-state index contributed by atoms with van der Waals surface area (Å²) in [4.78, 5) is 24.0. The normalized spacial score (nSPS) is 12.0. The van der Waals surface area contributed by atoms with Crippen molar-refractivity contribution in [3.8, 4) is 6.07 Å². The molecule has 2 N–H and O–H groups in total. The van der Waals surface area contributed by atoms with E-state index in [1.807, 2.05) is 27.7 Å². The molecule has 0 aliphatic rings. The monoisotopic (exact) mass is 326 g/mol. The molecule has 1 rings (SSSR count). The van der Waals surface area contributed by atoms with E-state index in [4.69, 9.17) is 10.4 Å². The second-order valence-electron chi connectivity index (χ2n) is 4.96. The molecule has 0 aromatic carbocycles. The maximum absolute atomic E-state index is 11.9. The third-order valence-electron chi connectivity index (χ3n) is 2.99. The molecule has 1 unspecified atom stereocenters. The van der Waals surface area contributed by atoms with Crippen LogP contribution >= 0.6 is 23.1 Å². The number of nitriles is 1. The van der Waals surface area contributed by atoms with Crippen molar-refractivity contribution in [2.24, 2.45) is 5.92 Å². The first-order valence-corrected chi connectivity index (χ1v) is 8.28. The number of hydrogen-bond acceptors (Lipinski definition) is 5. The van der Waals surface area contributed by atoms with Crippen LogP contribution in [0.4, 0.5) is 5.00 Å². The molecule has 0 bridgehead atoms. The molecule has 0 spiro atoms. The van der Waals surface area contributed by atoms with Gasteiger partial charge in [0, 0.05) is 4.88 Å². The molecule has 0 radical (unpaired) electrons. The summed E-state index contributed by atoms with van der Waals surface area (Å²) in [5, 5.41) is 20.8. The van der Waals surface area contributed by atoms with E-state index in [1.165, 1.54) is 11.3 Å². The standard InChI is InChI=1S/C14H18N2O3S2/c1-7(2)12(14(18)19)20-6-11(17)16-13-10(5-15)8(3)9(4)21-13/h7,12H,6H2,1-4H3,(H,16,17)(H,18,19). The van der Waals surface area contributed by atoms with Gasteiger partial charge >= 0.3 is 5.97 Å². The zero-order valence-corrected chi connectivity index (χ0v) is 14.0. The zero-order valence-electron chi connectivity index (χ0n) is 12.4. The average Bonchev–Trinajstić information content (AvgIpc) is 2.63. The smallest absolute Gasteiger partial charge is 0.316 e. The number of carboxylic acids is 1. The van der Waals surface area contributed by atoms with Crippen molar-refractivity contribution in [2.45, 2.75) is 32.9 Å². The molecule has 21 heavy (non-hydrogen) atoms. The average molecular weight is 326 g/mol. The van der Waals surface area contributed by atoms with Crippen LogP contribution in [0, 0.1) is 31.1 Å². The molecular formula is C14H18N2O3S2. The zero-order chi connectivity index (χ0) is 16.2. The molecule has 1 aromatic heterocycles. The molecule has 0 aliphatic carbocycles. The molecule has 5 nitrogen and oxygen atoms in total. The predicted octanol–water partition coefficient (Wildman–Crippen LogP) is 3.02. The molecule has 7 heteroatoms. The summed E-state index contributed by atoms with van der Waals surface area (Å²) in [6, 6.07) is 2.09. The minimum absolute atomic E-state index is 0.0516. The predicted molar refractivity (Wildman–Crippen MR) is 85.9 cm³/mol. The number of carbonyl (C=O) groups is 2. The maximum atomic E-state index is 11.9. The highest BCUT2D eigenvalue weighted by Gasteiger charge is 2.23. The van der Waals surface area contributed by atoms with Crippen molar-refractivity contribution in [3.05, 3.63) is 16.0 Å². The number of rotatable bonds is 6. The molecule has 0 saturated carbocycles. The van der Waals surface area contributed by atoms with Gasteiger partial charge in [-0.05, 0) is 25.3 Å².